The molecular weight excluding hydrogens is 379 g/mol. The largest absolute Gasteiger partial charge is 0.573 e. The van der Waals surface area contributed by atoms with Crippen LogP contribution in [-0.2, 0) is 16.0 Å². The van der Waals surface area contributed by atoms with Gasteiger partial charge >= 0.3 is 12.5 Å². The van der Waals surface area contributed by atoms with E-state index in [-0.39, 0.29) is 18.8 Å². The van der Waals surface area contributed by atoms with Crippen LogP contribution in [0.5, 0.6) is 5.75 Å². The number of ether oxygens (including phenoxy) is 2. The normalized spacial score (nSPS) is 20.2. The van der Waals surface area contributed by atoms with E-state index < -0.39 is 35.9 Å². The van der Waals surface area contributed by atoms with E-state index in [0.717, 1.165) is 12.1 Å². The Kier molecular flexibility index (Phi) is 6.59. The van der Waals surface area contributed by atoms with Gasteiger partial charge in [0.2, 0.25) is 0 Å². The van der Waals surface area contributed by atoms with E-state index in [1.807, 2.05) is 0 Å². The third kappa shape index (κ3) is 6.12. The summed E-state index contributed by atoms with van der Waals surface area (Å²) in [5.41, 5.74) is -0.431. The van der Waals surface area contributed by atoms with Gasteiger partial charge in [-0.05, 0) is 51.3 Å². The van der Waals surface area contributed by atoms with Crippen molar-refractivity contribution in [2.75, 3.05) is 6.61 Å². The summed E-state index contributed by atoms with van der Waals surface area (Å²) in [7, 11) is 0. The Hall–Kier alpha value is -2.29. The highest BCUT2D eigenvalue weighted by molar-refractivity contribution is 5.89. The van der Waals surface area contributed by atoms with Crippen molar-refractivity contribution in [3.63, 3.8) is 0 Å². The minimum absolute atomic E-state index is 0.169. The highest BCUT2D eigenvalue weighted by Gasteiger charge is 2.42. The summed E-state index contributed by atoms with van der Waals surface area (Å²) >= 11 is 0. The first kappa shape index (κ1) is 22.0. The number of hydrogen-bond donors (Lipinski definition) is 1. The predicted octanol–water partition coefficient (Wildman–Crippen LogP) is 3.46. The molecule has 0 radical (unpaired) electrons. The summed E-state index contributed by atoms with van der Waals surface area (Å²) in [6.45, 7) is 4.77. The van der Waals surface area contributed by atoms with Gasteiger partial charge in [-0.15, -0.1) is 13.2 Å². The molecule has 2 atom stereocenters. The fraction of sp³-hybridized carbons (Fsp3) is 0.579. The van der Waals surface area contributed by atoms with Gasteiger partial charge in [0.25, 0.3) is 0 Å². The van der Waals surface area contributed by atoms with E-state index in [1.54, 1.807) is 20.8 Å². The molecule has 1 aliphatic heterocycles. The topological polar surface area (TPSA) is 76.1 Å². The summed E-state index contributed by atoms with van der Waals surface area (Å²) < 4.78 is 46.3. The molecule has 1 heterocycles. The molecule has 2 rings (SSSR count). The summed E-state index contributed by atoms with van der Waals surface area (Å²) in [4.78, 5) is 26.5. The Bertz CT molecular complexity index is 714. The third-order valence-electron chi connectivity index (χ3n) is 4.20. The number of aliphatic hydroxyl groups excluding tert-OH is 1. The number of alkyl halides is 3. The quantitative estimate of drug-likeness (QED) is 0.815. The maximum absolute atomic E-state index is 12.8. The average molecular weight is 403 g/mol. The lowest BCUT2D eigenvalue weighted by Crippen LogP contribution is -2.48. The molecule has 1 N–H and O–H groups in total. The van der Waals surface area contributed by atoms with Crippen molar-refractivity contribution in [3.05, 3.63) is 29.8 Å². The first-order chi connectivity index (χ1) is 12.9. The zero-order valence-corrected chi connectivity index (χ0v) is 16.0. The number of Topliss-reactive ketones (excluding diaryl/α,β-unsaturated/α-hetero) is 1. The molecule has 0 bridgehead atoms. The van der Waals surface area contributed by atoms with Crippen LogP contribution in [0.2, 0.25) is 0 Å². The Balaban J connectivity index is 2.13. The standard InChI is InChI=1S/C19H24F3NO5/c1-18(2,3)28-17(26)23-13(11-24)7-8-15(23)16(25)10-12-5-4-6-14(9-12)27-19(20,21)22/h4-6,9,13,15,24H,7-8,10-11H2,1-3H3/t13-,15+/m1/s1. The first-order valence-electron chi connectivity index (χ1n) is 8.89. The molecule has 0 saturated carbocycles. The highest BCUT2D eigenvalue weighted by Crippen LogP contribution is 2.29. The summed E-state index contributed by atoms with van der Waals surface area (Å²) in [5, 5.41) is 9.53. The van der Waals surface area contributed by atoms with Crippen molar-refractivity contribution in [3.8, 4) is 5.75 Å². The van der Waals surface area contributed by atoms with Crippen LogP contribution in [0.4, 0.5) is 18.0 Å². The molecule has 0 unspecified atom stereocenters. The number of hydrogen-bond acceptors (Lipinski definition) is 5. The van der Waals surface area contributed by atoms with Crippen LogP contribution >= 0.6 is 0 Å². The Morgan fingerprint density at radius 1 is 1.21 bits per heavy atom. The zero-order chi connectivity index (χ0) is 21.1. The predicted molar refractivity (Wildman–Crippen MR) is 93.8 cm³/mol. The monoisotopic (exact) mass is 403 g/mol. The maximum atomic E-state index is 12.8. The molecule has 28 heavy (non-hydrogen) atoms. The Morgan fingerprint density at radius 3 is 2.46 bits per heavy atom. The molecule has 1 aromatic rings. The zero-order valence-electron chi connectivity index (χ0n) is 16.0. The lowest BCUT2D eigenvalue weighted by molar-refractivity contribution is -0.274. The van der Waals surface area contributed by atoms with Crippen LogP contribution in [-0.4, -0.2) is 52.5 Å². The first-order valence-corrected chi connectivity index (χ1v) is 8.89. The van der Waals surface area contributed by atoms with Crippen LogP contribution in [0.3, 0.4) is 0 Å². The van der Waals surface area contributed by atoms with E-state index >= 15 is 0 Å². The van der Waals surface area contributed by atoms with Gasteiger partial charge in [0.05, 0.1) is 18.7 Å². The number of carbonyl (C=O) groups is 2. The van der Waals surface area contributed by atoms with E-state index in [9.17, 15) is 27.9 Å². The fourth-order valence-corrected chi connectivity index (χ4v) is 3.14. The third-order valence-corrected chi connectivity index (χ3v) is 4.20. The van der Waals surface area contributed by atoms with E-state index in [4.69, 9.17) is 4.74 Å². The number of ketones is 1. The van der Waals surface area contributed by atoms with Crippen molar-refractivity contribution >= 4 is 11.9 Å². The van der Waals surface area contributed by atoms with Gasteiger partial charge in [-0.2, -0.15) is 0 Å². The molecular formula is C19H24F3NO5. The molecule has 0 spiro atoms. The Labute approximate surface area is 161 Å². The highest BCUT2D eigenvalue weighted by atomic mass is 19.4. The van der Waals surface area contributed by atoms with Crippen molar-refractivity contribution < 1.29 is 37.3 Å². The van der Waals surface area contributed by atoms with Crippen molar-refractivity contribution in [1.29, 1.82) is 0 Å². The van der Waals surface area contributed by atoms with Crippen LogP contribution in [0.25, 0.3) is 0 Å². The molecule has 1 amide bonds. The number of carbonyl (C=O) groups excluding carboxylic acids is 2. The van der Waals surface area contributed by atoms with Crippen molar-refractivity contribution in [2.24, 2.45) is 0 Å². The van der Waals surface area contributed by atoms with Gasteiger partial charge in [-0.3, -0.25) is 9.69 Å². The number of likely N-dealkylation sites (tertiary alicyclic amines) is 1. The summed E-state index contributed by atoms with van der Waals surface area (Å²) in [6.07, 6.45) is -4.91. The lowest BCUT2D eigenvalue weighted by Gasteiger charge is -2.31. The average Bonchev–Trinajstić information content (AvgIpc) is 2.96. The SMILES string of the molecule is CC(C)(C)OC(=O)N1[C@@H](CO)CC[C@H]1C(=O)Cc1cccc(OC(F)(F)F)c1. The van der Waals surface area contributed by atoms with Gasteiger partial charge in [-0.25, -0.2) is 4.79 Å². The second kappa shape index (κ2) is 8.38. The van der Waals surface area contributed by atoms with Gasteiger partial charge in [-0.1, -0.05) is 12.1 Å². The van der Waals surface area contributed by atoms with Crippen LogP contribution in [0.1, 0.15) is 39.2 Å². The molecule has 1 saturated heterocycles. The molecule has 1 fully saturated rings. The van der Waals surface area contributed by atoms with Crippen LogP contribution in [0, 0.1) is 0 Å². The molecule has 6 nitrogen and oxygen atoms in total. The lowest BCUT2D eigenvalue weighted by atomic mass is 10.0. The Morgan fingerprint density at radius 2 is 1.89 bits per heavy atom. The van der Waals surface area contributed by atoms with Crippen LogP contribution < -0.4 is 4.74 Å². The molecule has 156 valence electrons. The van der Waals surface area contributed by atoms with Gasteiger partial charge in [0.15, 0.2) is 5.78 Å². The van der Waals surface area contributed by atoms with Gasteiger partial charge in [0.1, 0.15) is 11.4 Å². The molecule has 1 aromatic carbocycles. The number of nitrogens with zero attached hydrogens (tertiary/aromatic N) is 1. The number of benzene rings is 1. The molecule has 0 aromatic heterocycles. The second-order valence-corrected chi connectivity index (χ2v) is 7.66. The van der Waals surface area contributed by atoms with E-state index in [2.05, 4.69) is 4.74 Å². The summed E-state index contributed by atoms with van der Waals surface area (Å²) in [6, 6.07) is 3.81. The number of halogens is 3. The van der Waals surface area contributed by atoms with E-state index in [0.29, 0.717) is 18.4 Å². The second-order valence-electron chi connectivity index (χ2n) is 7.66. The number of aliphatic hydroxyl groups is 1. The minimum atomic E-state index is -4.82. The fourth-order valence-electron chi connectivity index (χ4n) is 3.14. The van der Waals surface area contributed by atoms with Gasteiger partial charge < -0.3 is 14.6 Å². The molecule has 1 aliphatic rings. The number of amides is 1. The van der Waals surface area contributed by atoms with Crippen molar-refractivity contribution in [2.45, 2.75) is 64.1 Å². The number of rotatable bonds is 5. The smallest absolute Gasteiger partial charge is 0.444 e. The van der Waals surface area contributed by atoms with E-state index in [1.165, 1.54) is 17.0 Å². The summed E-state index contributed by atoms with van der Waals surface area (Å²) in [5.74, 6) is -0.757. The van der Waals surface area contributed by atoms with Crippen molar-refractivity contribution in [1.82, 2.24) is 4.90 Å². The van der Waals surface area contributed by atoms with Gasteiger partial charge in [0, 0.05) is 6.42 Å². The molecule has 0 aliphatic carbocycles. The minimum Gasteiger partial charge on any atom is -0.444 e. The molecule has 9 heteroatoms. The maximum Gasteiger partial charge on any atom is 0.573 e. The van der Waals surface area contributed by atoms with Crippen LogP contribution in [0.15, 0.2) is 24.3 Å².